The molecule has 0 aliphatic rings. The average molecular weight is 341 g/mol. The number of carbonyl (C=O) groups excluding carboxylic acids is 1. The molecule has 0 saturated heterocycles. The van der Waals surface area contributed by atoms with Gasteiger partial charge in [0, 0.05) is 13.7 Å². The number of amides is 2. The maximum Gasteiger partial charge on any atom is 0.315 e. The van der Waals surface area contributed by atoms with E-state index in [-0.39, 0.29) is 6.03 Å². The summed E-state index contributed by atoms with van der Waals surface area (Å²) in [6.45, 7) is 1.42. The van der Waals surface area contributed by atoms with E-state index in [0.717, 1.165) is 26.4 Å². The normalized spacial score (nSPS) is 10.7. The summed E-state index contributed by atoms with van der Waals surface area (Å²) >= 11 is 1.59. The molecule has 0 fully saturated rings. The summed E-state index contributed by atoms with van der Waals surface area (Å²) in [5.41, 5.74) is 3.09. The van der Waals surface area contributed by atoms with Crippen molar-refractivity contribution in [2.24, 2.45) is 0 Å². The van der Waals surface area contributed by atoms with Gasteiger partial charge in [-0.2, -0.15) is 0 Å². The Hall–Kier alpha value is -2.44. The fraction of sp³-hybridized carbons (Fsp3) is 0.222. The molecule has 3 aromatic rings. The van der Waals surface area contributed by atoms with Gasteiger partial charge >= 0.3 is 6.03 Å². The molecule has 2 N–H and O–H groups in total. The summed E-state index contributed by atoms with van der Waals surface area (Å²) in [6, 6.07) is 15.7. The van der Waals surface area contributed by atoms with E-state index in [2.05, 4.69) is 15.6 Å². The number of para-hydroxylation sites is 1. The number of thiazole rings is 1. The van der Waals surface area contributed by atoms with Crippen LogP contribution in [0.2, 0.25) is 0 Å². The molecule has 1 heterocycles. The Morgan fingerprint density at radius 2 is 1.75 bits per heavy atom. The number of nitrogens with zero attached hydrogens (tertiary/aromatic N) is 1. The van der Waals surface area contributed by atoms with Crippen LogP contribution in [-0.4, -0.2) is 18.1 Å². The van der Waals surface area contributed by atoms with Crippen molar-refractivity contribution in [3.63, 3.8) is 0 Å². The molecular weight excluding hydrogens is 322 g/mol. The van der Waals surface area contributed by atoms with E-state index in [4.69, 9.17) is 4.74 Å². The molecule has 0 atom stereocenters. The summed E-state index contributed by atoms with van der Waals surface area (Å²) in [4.78, 5) is 16.5. The smallest absolute Gasteiger partial charge is 0.315 e. The van der Waals surface area contributed by atoms with Gasteiger partial charge in [-0.1, -0.05) is 36.4 Å². The molecule has 2 amide bonds. The molecule has 124 valence electrons. The number of rotatable bonds is 6. The number of hydrogen-bond acceptors (Lipinski definition) is 4. The van der Waals surface area contributed by atoms with Crippen molar-refractivity contribution in [1.82, 2.24) is 15.6 Å². The highest BCUT2D eigenvalue weighted by molar-refractivity contribution is 7.18. The second kappa shape index (κ2) is 7.90. The Balaban J connectivity index is 1.52. The highest BCUT2D eigenvalue weighted by Crippen LogP contribution is 2.21. The molecule has 2 aromatic carbocycles. The minimum Gasteiger partial charge on any atom is -0.380 e. The zero-order valence-electron chi connectivity index (χ0n) is 13.4. The zero-order valence-corrected chi connectivity index (χ0v) is 14.2. The van der Waals surface area contributed by atoms with Crippen molar-refractivity contribution in [3.05, 3.63) is 64.7 Å². The number of benzene rings is 2. The van der Waals surface area contributed by atoms with Crippen molar-refractivity contribution in [1.29, 1.82) is 0 Å². The van der Waals surface area contributed by atoms with Gasteiger partial charge in [0.15, 0.2) is 0 Å². The SMILES string of the molecule is COCc1ccccc1CNC(=O)NCc1nc2ccccc2s1. The van der Waals surface area contributed by atoms with E-state index in [0.29, 0.717) is 19.7 Å². The van der Waals surface area contributed by atoms with Crippen LogP contribution < -0.4 is 10.6 Å². The molecule has 0 aliphatic carbocycles. The molecule has 0 bridgehead atoms. The number of carbonyl (C=O) groups is 1. The second-order valence-electron chi connectivity index (χ2n) is 5.31. The highest BCUT2D eigenvalue weighted by Gasteiger charge is 2.07. The highest BCUT2D eigenvalue weighted by atomic mass is 32.1. The molecule has 0 saturated carbocycles. The number of urea groups is 1. The van der Waals surface area contributed by atoms with Crippen LogP contribution in [0.3, 0.4) is 0 Å². The summed E-state index contributed by atoms with van der Waals surface area (Å²) in [5.74, 6) is 0. The first-order chi connectivity index (χ1) is 11.8. The molecule has 0 spiro atoms. The predicted octanol–water partition coefficient (Wildman–Crippen LogP) is 3.44. The fourth-order valence-corrected chi connectivity index (χ4v) is 3.32. The van der Waals surface area contributed by atoms with Crippen LogP contribution in [0.15, 0.2) is 48.5 Å². The van der Waals surface area contributed by atoms with Crippen LogP contribution >= 0.6 is 11.3 Å². The van der Waals surface area contributed by atoms with E-state index in [9.17, 15) is 4.79 Å². The Morgan fingerprint density at radius 1 is 1.04 bits per heavy atom. The van der Waals surface area contributed by atoms with Crippen LogP contribution in [-0.2, 0) is 24.4 Å². The average Bonchev–Trinajstić information content (AvgIpc) is 3.02. The van der Waals surface area contributed by atoms with Gasteiger partial charge in [-0.25, -0.2) is 9.78 Å². The summed E-state index contributed by atoms with van der Waals surface area (Å²) in [7, 11) is 1.66. The van der Waals surface area contributed by atoms with Gasteiger partial charge in [0.05, 0.1) is 23.4 Å². The summed E-state index contributed by atoms with van der Waals surface area (Å²) in [5, 5.41) is 6.62. The van der Waals surface area contributed by atoms with Gasteiger partial charge < -0.3 is 15.4 Å². The van der Waals surface area contributed by atoms with Gasteiger partial charge in [0.25, 0.3) is 0 Å². The van der Waals surface area contributed by atoms with E-state index in [1.807, 2.05) is 48.5 Å². The molecule has 6 heteroatoms. The molecule has 0 radical (unpaired) electrons. The topological polar surface area (TPSA) is 63.2 Å². The van der Waals surface area contributed by atoms with Gasteiger partial charge in [-0.15, -0.1) is 11.3 Å². The standard InChI is InChI=1S/C18H19N3O2S/c1-23-12-14-7-3-2-6-13(14)10-19-18(22)20-11-17-21-15-8-4-5-9-16(15)24-17/h2-9H,10-12H2,1H3,(H2,19,20,22). The Morgan fingerprint density at radius 3 is 2.54 bits per heavy atom. The van der Waals surface area contributed by atoms with Crippen molar-refractivity contribution in [2.75, 3.05) is 7.11 Å². The minimum absolute atomic E-state index is 0.207. The van der Waals surface area contributed by atoms with Crippen molar-refractivity contribution in [3.8, 4) is 0 Å². The van der Waals surface area contributed by atoms with Crippen LogP contribution in [0.25, 0.3) is 10.2 Å². The lowest BCUT2D eigenvalue weighted by Crippen LogP contribution is -2.34. The lowest BCUT2D eigenvalue weighted by Gasteiger charge is -2.10. The predicted molar refractivity (Wildman–Crippen MR) is 95.9 cm³/mol. The molecule has 3 rings (SSSR count). The number of methoxy groups -OCH3 is 1. The first-order valence-corrected chi connectivity index (χ1v) is 8.50. The molecule has 1 aromatic heterocycles. The third-order valence-electron chi connectivity index (χ3n) is 3.60. The first-order valence-electron chi connectivity index (χ1n) is 7.68. The van der Waals surface area contributed by atoms with Crippen LogP contribution in [0, 0.1) is 0 Å². The Labute approximate surface area is 144 Å². The summed E-state index contributed by atoms with van der Waals surface area (Å²) < 4.78 is 6.30. The molecule has 24 heavy (non-hydrogen) atoms. The zero-order chi connectivity index (χ0) is 16.8. The van der Waals surface area contributed by atoms with Crippen LogP contribution in [0.4, 0.5) is 4.79 Å². The maximum atomic E-state index is 12.0. The van der Waals surface area contributed by atoms with E-state index in [1.54, 1.807) is 18.4 Å². The second-order valence-corrected chi connectivity index (χ2v) is 6.43. The van der Waals surface area contributed by atoms with Crippen molar-refractivity contribution >= 4 is 27.6 Å². The quantitative estimate of drug-likeness (QED) is 0.722. The minimum atomic E-state index is -0.207. The molecular formula is C18H19N3O2S. The number of fused-ring (bicyclic) bond motifs is 1. The summed E-state index contributed by atoms with van der Waals surface area (Å²) in [6.07, 6.45) is 0. The molecule has 5 nitrogen and oxygen atoms in total. The number of hydrogen-bond donors (Lipinski definition) is 2. The number of ether oxygens (including phenoxy) is 1. The van der Waals surface area contributed by atoms with Gasteiger partial charge in [-0.05, 0) is 23.3 Å². The van der Waals surface area contributed by atoms with E-state index in [1.165, 1.54) is 0 Å². The van der Waals surface area contributed by atoms with Crippen molar-refractivity contribution in [2.45, 2.75) is 19.7 Å². The van der Waals surface area contributed by atoms with E-state index < -0.39 is 0 Å². The third kappa shape index (κ3) is 4.10. The van der Waals surface area contributed by atoms with E-state index >= 15 is 0 Å². The number of aromatic nitrogens is 1. The lowest BCUT2D eigenvalue weighted by atomic mass is 10.1. The van der Waals surface area contributed by atoms with Crippen LogP contribution in [0.1, 0.15) is 16.1 Å². The van der Waals surface area contributed by atoms with Crippen molar-refractivity contribution < 1.29 is 9.53 Å². The lowest BCUT2D eigenvalue weighted by molar-refractivity contribution is 0.184. The molecule has 0 unspecified atom stereocenters. The van der Waals surface area contributed by atoms with Gasteiger partial charge in [-0.3, -0.25) is 0 Å². The Bertz CT molecular complexity index is 799. The first kappa shape index (κ1) is 16.4. The van der Waals surface area contributed by atoms with Crippen LogP contribution in [0.5, 0.6) is 0 Å². The number of nitrogens with one attached hydrogen (secondary N) is 2. The third-order valence-corrected chi connectivity index (χ3v) is 4.63. The monoisotopic (exact) mass is 341 g/mol. The van der Waals surface area contributed by atoms with Gasteiger partial charge in [0.2, 0.25) is 0 Å². The maximum absolute atomic E-state index is 12.0. The van der Waals surface area contributed by atoms with Gasteiger partial charge in [0.1, 0.15) is 5.01 Å². The fourth-order valence-electron chi connectivity index (χ4n) is 2.42. The molecule has 0 aliphatic heterocycles. The Kier molecular flexibility index (Phi) is 5.40. The largest absolute Gasteiger partial charge is 0.380 e.